The Labute approximate surface area is 160 Å². The lowest BCUT2D eigenvalue weighted by atomic mass is 9.84. The van der Waals surface area contributed by atoms with Crippen LogP contribution in [-0.4, -0.2) is 80.5 Å². The number of urea groups is 1. The number of morpholine rings is 1. The molecule has 1 atom stereocenters. The number of sulfonamides is 1. The average molecular weight is 397 g/mol. The predicted octanol–water partition coefficient (Wildman–Crippen LogP) is 0.340. The van der Waals surface area contributed by atoms with Crippen LogP contribution in [0, 0.1) is 0 Å². The molecule has 2 aliphatic heterocycles. The Bertz CT molecular complexity index is 748. The van der Waals surface area contributed by atoms with E-state index >= 15 is 0 Å². The molecule has 1 aromatic rings. The Morgan fingerprint density at radius 1 is 1.26 bits per heavy atom. The molecule has 0 saturated carbocycles. The van der Waals surface area contributed by atoms with Gasteiger partial charge in [-0.15, -0.1) is 0 Å². The fourth-order valence-corrected chi connectivity index (χ4v) is 4.39. The first-order valence-corrected chi connectivity index (χ1v) is 11.0. The van der Waals surface area contributed by atoms with Gasteiger partial charge in [0.2, 0.25) is 10.0 Å². The van der Waals surface area contributed by atoms with Crippen molar-refractivity contribution in [2.75, 3.05) is 45.6 Å². The summed E-state index contributed by atoms with van der Waals surface area (Å²) in [4.78, 5) is 14.1. The molecule has 2 amide bonds. The minimum absolute atomic E-state index is 0.217. The Morgan fingerprint density at radius 3 is 2.56 bits per heavy atom. The van der Waals surface area contributed by atoms with Crippen molar-refractivity contribution in [3.05, 3.63) is 35.9 Å². The van der Waals surface area contributed by atoms with Crippen molar-refractivity contribution in [2.24, 2.45) is 0 Å². The van der Waals surface area contributed by atoms with Crippen LogP contribution in [-0.2, 0) is 20.4 Å². The van der Waals surface area contributed by atoms with E-state index in [2.05, 4.69) is 5.32 Å². The minimum atomic E-state index is -3.25. The highest BCUT2D eigenvalue weighted by Gasteiger charge is 2.35. The highest BCUT2D eigenvalue weighted by atomic mass is 32.2. The maximum atomic E-state index is 12.4. The molecule has 0 bridgehead atoms. The standard InChI is InChI=1S/C18H27N3O5S/c1-27(24,25)21-11-12-26-16(14-21)13-19-17(22)20-9-7-18(23,8-10-20)15-5-3-2-4-6-15/h2-6,16,23H,7-14H2,1H3,(H,19,22). The number of hydrogen-bond acceptors (Lipinski definition) is 5. The first kappa shape index (κ1) is 20.1. The second-order valence-electron chi connectivity index (χ2n) is 7.18. The summed E-state index contributed by atoms with van der Waals surface area (Å²) in [5, 5.41) is 13.7. The fraction of sp³-hybridized carbons (Fsp3) is 0.611. The molecule has 9 heteroatoms. The molecule has 2 aliphatic rings. The number of ether oxygens (including phenoxy) is 1. The first-order valence-electron chi connectivity index (χ1n) is 9.15. The maximum absolute atomic E-state index is 12.4. The molecule has 1 aromatic carbocycles. The van der Waals surface area contributed by atoms with Crippen molar-refractivity contribution in [2.45, 2.75) is 24.5 Å². The van der Waals surface area contributed by atoms with Crippen LogP contribution < -0.4 is 5.32 Å². The molecule has 3 rings (SSSR count). The molecular formula is C18H27N3O5S. The maximum Gasteiger partial charge on any atom is 0.317 e. The highest BCUT2D eigenvalue weighted by Crippen LogP contribution is 2.32. The monoisotopic (exact) mass is 397 g/mol. The minimum Gasteiger partial charge on any atom is -0.385 e. The molecule has 27 heavy (non-hydrogen) atoms. The van der Waals surface area contributed by atoms with Gasteiger partial charge in [-0.1, -0.05) is 30.3 Å². The van der Waals surface area contributed by atoms with Crippen LogP contribution in [0.25, 0.3) is 0 Å². The van der Waals surface area contributed by atoms with Crippen LogP contribution in [0.1, 0.15) is 18.4 Å². The zero-order valence-electron chi connectivity index (χ0n) is 15.5. The van der Waals surface area contributed by atoms with E-state index in [1.165, 1.54) is 10.6 Å². The van der Waals surface area contributed by atoms with Gasteiger partial charge in [-0.25, -0.2) is 13.2 Å². The van der Waals surface area contributed by atoms with E-state index in [4.69, 9.17) is 4.74 Å². The molecule has 8 nitrogen and oxygen atoms in total. The largest absolute Gasteiger partial charge is 0.385 e. The number of likely N-dealkylation sites (tertiary alicyclic amines) is 1. The third kappa shape index (κ3) is 4.98. The number of nitrogens with one attached hydrogen (secondary N) is 1. The summed E-state index contributed by atoms with van der Waals surface area (Å²) in [6.07, 6.45) is 1.78. The predicted molar refractivity (Wildman–Crippen MR) is 101 cm³/mol. The summed E-state index contributed by atoms with van der Waals surface area (Å²) in [7, 11) is -3.25. The van der Waals surface area contributed by atoms with E-state index in [-0.39, 0.29) is 25.2 Å². The number of carbonyl (C=O) groups is 1. The van der Waals surface area contributed by atoms with Crippen molar-refractivity contribution in [1.82, 2.24) is 14.5 Å². The van der Waals surface area contributed by atoms with Gasteiger partial charge in [0.25, 0.3) is 0 Å². The summed E-state index contributed by atoms with van der Waals surface area (Å²) in [5.74, 6) is 0. The van der Waals surface area contributed by atoms with Gasteiger partial charge < -0.3 is 20.1 Å². The molecular weight excluding hydrogens is 370 g/mol. The van der Waals surface area contributed by atoms with Crippen LogP contribution in [0.15, 0.2) is 30.3 Å². The van der Waals surface area contributed by atoms with Gasteiger partial charge in [-0.2, -0.15) is 4.31 Å². The van der Waals surface area contributed by atoms with Crippen molar-refractivity contribution in [3.8, 4) is 0 Å². The lowest BCUT2D eigenvalue weighted by molar-refractivity contribution is -0.0186. The smallest absolute Gasteiger partial charge is 0.317 e. The van der Waals surface area contributed by atoms with E-state index in [0.717, 1.165) is 5.56 Å². The second-order valence-corrected chi connectivity index (χ2v) is 9.17. The highest BCUT2D eigenvalue weighted by molar-refractivity contribution is 7.88. The van der Waals surface area contributed by atoms with Crippen LogP contribution in [0.3, 0.4) is 0 Å². The van der Waals surface area contributed by atoms with Crippen molar-refractivity contribution in [3.63, 3.8) is 0 Å². The number of piperidine rings is 1. The van der Waals surface area contributed by atoms with Crippen LogP contribution >= 0.6 is 0 Å². The van der Waals surface area contributed by atoms with Gasteiger partial charge in [0.1, 0.15) is 0 Å². The lowest BCUT2D eigenvalue weighted by Gasteiger charge is -2.39. The Morgan fingerprint density at radius 2 is 1.93 bits per heavy atom. The number of aliphatic hydroxyl groups is 1. The average Bonchev–Trinajstić information content (AvgIpc) is 2.67. The van der Waals surface area contributed by atoms with Crippen molar-refractivity contribution >= 4 is 16.1 Å². The number of nitrogens with zero attached hydrogens (tertiary/aromatic N) is 2. The molecule has 2 heterocycles. The second kappa shape index (κ2) is 8.14. The quantitative estimate of drug-likeness (QED) is 0.763. The molecule has 2 fully saturated rings. The molecule has 2 N–H and O–H groups in total. The topological polar surface area (TPSA) is 99.2 Å². The van der Waals surface area contributed by atoms with Gasteiger partial charge in [0, 0.05) is 32.7 Å². The Balaban J connectivity index is 1.47. The normalized spacial score (nSPS) is 23.8. The number of hydrogen-bond donors (Lipinski definition) is 2. The van der Waals surface area contributed by atoms with E-state index in [1.54, 1.807) is 4.90 Å². The molecule has 150 valence electrons. The van der Waals surface area contributed by atoms with E-state index in [9.17, 15) is 18.3 Å². The third-order valence-electron chi connectivity index (χ3n) is 5.24. The summed E-state index contributed by atoms with van der Waals surface area (Å²) >= 11 is 0. The Kier molecular flexibility index (Phi) is 6.05. The molecule has 0 spiro atoms. The van der Waals surface area contributed by atoms with Crippen LogP contribution in [0.5, 0.6) is 0 Å². The van der Waals surface area contributed by atoms with Gasteiger partial charge in [-0.3, -0.25) is 0 Å². The number of amides is 2. The first-order chi connectivity index (χ1) is 12.8. The zero-order valence-corrected chi connectivity index (χ0v) is 16.3. The fourth-order valence-electron chi connectivity index (χ4n) is 3.55. The van der Waals surface area contributed by atoms with E-state index in [1.807, 2.05) is 30.3 Å². The van der Waals surface area contributed by atoms with Crippen molar-refractivity contribution in [1.29, 1.82) is 0 Å². The summed E-state index contributed by atoms with van der Waals surface area (Å²) < 4.78 is 30.2. The van der Waals surface area contributed by atoms with Gasteiger partial charge in [0.05, 0.1) is 24.6 Å². The van der Waals surface area contributed by atoms with Crippen LogP contribution in [0.2, 0.25) is 0 Å². The molecule has 0 aromatic heterocycles. The summed E-state index contributed by atoms with van der Waals surface area (Å²) in [6, 6.07) is 9.30. The molecule has 2 saturated heterocycles. The molecule has 1 unspecified atom stereocenters. The van der Waals surface area contributed by atoms with Gasteiger partial charge in [0.15, 0.2) is 0 Å². The lowest BCUT2D eigenvalue weighted by Crippen LogP contribution is -2.53. The van der Waals surface area contributed by atoms with Gasteiger partial charge in [-0.05, 0) is 18.4 Å². The van der Waals surface area contributed by atoms with Crippen molar-refractivity contribution < 1.29 is 23.1 Å². The van der Waals surface area contributed by atoms with Crippen LogP contribution in [0.4, 0.5) is 4.79 Å². The van der Waals surface area contributed by atoms with E-state index in [0.29, 0.717) is 39.1 Å². The Hall–Kier alpha value is -1.68. The van der Waals surface area contributed by atoms with E-state index < -0.39 is 15.6 Å². The number of benzene rings is 1. The molecule has 0 radical (unpaired) electrons. The third-order valence-corrected chi connectivity index (χ3v) is 6.51. The summed E-state index contributed by atoms with van der Waals surface area (Å²) in [6.45, 7) is 2.07. The number of rotatable bonds is 4. The number of carbonyl (C=O) groups excluding carboxylic acids is 1. The van der Waals surface area contributed by atoms with Gasteiger partial charge >= 0.3 is 6.03 Å². The molecule has 0 aliphatic carbocycles. The zero-order chi connectivity index (χ0) is 19.5. The summed E-state index contributed by atoms with van der Waals surface area (Å²) in [5.41, 5.74) is -0.0259. The SMILES string of the molecule is CS(=O)(=O)N1CCOC(CNC(=O)N2CCC(O)(c3ccccc3)CC2)C1.